The minimum absolute atomic E-state index is 0. The number of nitrogens with one attached hydrogen (secondary N) is 2. The number of rotatable bonds is 9. The molecule has 9 heteroatoms. The average Bonchev–Trinajstić information content (AvgIpc) is 3.14. The molecule has 0 bridgehead atoms. The molecule has 2 heterocycles. The van der Waals surface area contributed by atoms with Crippen LogP contribution >= 0.6 is 24.0 Å². The average molecular weight is 523 g/mol. The van der Waals surface area contributed by atoms with Crippen molar-refractivity contribution in [3.8, 4) is 5.75 Å². The second-order valence-corrected chi connectivity index (χ2v) is 6.85. The van der Waals surface area contributed by atoms with Gasteiger partial charge in [0.2, 0.25) is 0 Å². The molecule has 30 heavy (non-hydrogen) atoms. The lowest BCUT2D eigenvalue weighted by molar-refractivity contribution is 0.259. The number of fused-ring (bicyclic) bond motifs is 1. The first-order valence-corrected chi connectivity index (χ1v) is 9.83. The van der Waals surface area contributed by atoms with Crippen LogP contribution in [0.15, 0.2) is 53.7 Å². The van der Waals surface area contributed by atoms with Gasteiger partial charge in [-0.05, 0) is 39.2 Å². The van der Waals surface area contributed by atoms with Crippen LogP contribution in [-0.4, -0.2) is 59.2 Å². The number of nitrogens with zero attached hydrogens (tertiary/aromatic N) is 5. The van der Waals surface area contributed by atoms with Gasteiger partial charge in [-0.25, -0.2) is 4.99 Å². The number of halogens is 1. The molecule has 0 atom stereocenters. The summed E-state index contributed by atoms with van der Waals surface area (Å²) < 4.78 is 7.90. The summed E-state index contributed by atoms with van der Waals surface area (Å²) >= 11 is 0. The van der Waals surface area contributed by atoms with E-state index in [2.05, 4.69) is 25.7 Å². The lowest BCUT2D eigenvalue weighted by atomic mass is 10.2. The van der Waals surface area contributed by atoms with E-state index >= 15 is 0 Å². The van der Waals surface area contributed by atoms with Crippen LogP contribution in [0.3, 0.4) is 0 Å². The molecule has 3 rings (SSSR count). The topological polar surface area (TPSA) is 79.1 Å². The first-order valence-electron chi connectivity index (χ1n) is 9.83. The third kappa shape index (κ3) is 6.84. The van der Waals surface area contributed by atoms with Gasteiger partial charge in [-0.2, -0.15) is 0 Å². The number of aliphatic imine (C=N–C) groups is 1. The molecule has 8 nitrogen and oxygen atoms in total. The Morgan fingerprint density at radius 2 is 1.90 bits per heavy atom. The van der Waals surface area contributed by atoms with Crippen molar-refractivity contribution in [1.82, 2.24) is 30.1 Å². The number of ether oxygens (including phenoxy) is 1. The molecule has 0 saturated carbocycles. The zero-order valence-electron chi connectivity index (χ0n) is 17.7. The maximum atomic E-state index is 5.93. The summed E-state index contributed by atoms with van der Waals surface area (Å²) in [4.78, 5) is 6.81. The lowest BCUT2D eigenvalue weighted by Crippen LogP contribution is -2.37. The van der Waals surface area contributed by atoms with E-state index in [1.807, 2.05) is 74.1 Å². The molecule has 0 saturated heterocycles. The van der Waals surface area contributed by atoms with E-state index in [9.17, 15) is 0 Å². The standard InChI is InChI=1S/C21H29N7O.HI/c1-4-22-21(24-16-20-26-25-19-11-7-8-12-28(19)20)23-15-17-9-5-6-10-18(17)29-14-13-27(2)3;/h5-12H,4,13-16H2,1-3H3,(H2,22,23,24);1H. The van der Waals surface area contributed by atoms with Crippen molar-refractivity contribution >= 4 is 35.6 Å². The zero-order valence-corrected chi connectivity index (χ0v) is 20.0. The number of hydrogen-bond acceptors (Lipinski definition) is 5. The van der Waals surface area contributed by atoms with Crippen LogP contribution < -0.4 is 15.4 Å². The Labute approximate surface area is 194 Å². The van der Waals surface area contributed by atoms with Gasteiger partial charge in [-0.1, -0.05) is 24.3 Å². The smallest absolute Gasteiger partial charge is 0.191 e. The highest BCUT2D eigenvalue weighted by molar-refractivity contribution is 14.0. The number of pyridine rings is 1. The maximum Gasteiger partial charge on any atom is 0.191 e. The summed E-state index contributed by atoms with van der Waals surface area (Å²) in [6.07, 6.45) is 1.96. The van der Waals surface area contributed by atoms with Crippen molar-refractivity contribution in [3.63, 3.8) is 0 Å². The van der Waals surface area contributed by atoms with E-state index < -0.39 is 0 Å². The number of likely N-dealkylation sites (N-methyl/N-ethyl adjacent to an activating group) is 1. The number of aromatic nitrogens is 3. The summed E-state index contributed by atoms with van der Waals surface area (Å²) in [5.74, 6) is 2.43. The Morgan fingerprint density at radius 3 is 2.70 bits per heavy atom. The van der Waals surface area contributed by atoms with Crippen molar-refractivity contribution < 1.29 is 4.74 Å². The summed E-state index contributed by atoms with van der Waals surface area (Å²) in [5.41, 5.74) is 1.88. The first kappa shape index (κ1) is 23.9. The Bertz CT molecular complexity index is 942. The highest BCUT2D eigenvalue weighted by Crippen LogP contribution is 2.18. The van der Waals surface area contributed by atoms with E-state index in [4.69, 9.17) is 9.73 Å². The molecule has 1 aromatic carbocycles. The van der Waals surface area contributed by atoms with Gasteiger partial charge in [0.1, 0.15) is 12.4 Å². The molecule has 2 N–H and O–H groups in total. The lowest BCUT2D eigenvalue weighted by Gasteiger charge is -2.14. The van der Waals surface area contributed by atoms with Gasteiger partial charge in [0.05, 0.1) is 13.1 Å². The fraction of sp³-hybridized carbons (Fsp3) is 0.381. The molecular weight excluding hydrogens is 493 g/mol. The largest absolute Gasteiger partial charge is 0.492 e. The molecule has 2 aromatic heterocycles. The molecule has 0 aliphatic heterocycles. The van der Waals surface area contributed by atoms with Gasteiger partial charge in [0.25, 0.3) is 0 Å². The van der Waals surface area contributed by atoms with Gasteiger partial charge in [-0.15, -0.1) is 34.2 Å². The van der Waals surface area contributed by atoms with Gasteiger partial charge in [0.15, 0.2) is 17.4 Å². The maximum absolute atomic E-state index is 5.93. The monoisotopic (exact) mass is 523 g/mol. The number of benzene rings is 1. The predicted octanol–water partition coefficient (Wildman–Crippen LogP) is 2.54. The van der Waals surface area contributed by atoms with Crippen LogP contribution in [0.1, 0.15) is 18.3 Å². The molecule has 162 valence electrons. The molecule has 0 aliphatic rings. The van der Waals surface area contributed by atoms with E-state index in [1.54, 1.807) is 0 Å². The molecule has 0 unspecified atom stereocenters. The van der Waals surface area contributed by atoms with Crippen molar-refractivity contribution in [2.45, 2.75) is 20.0 Å². The fourth-order valence-corrected chi connectivity index (χ4v) is 2.79. The van der Waals surface area contributed by atoms with Crippen LogP contribution in [0.25, 0.3) is 5.65 Å². The summed E-state index contributed by atoms with van der Waals surface area (Å²) in [6.45, 7) is 5.38. The Balaban J connectivity index is 0.00000320. The summed E-state index contributed by atoms with van der Waals surface area (Å²) in [5, 5.41) is 15.0. The van der Waals surface area contributed by atoms with E-state index in [0.717, 1.165) is 41.8 Å². The number of para-hydroxylation sites is 1. The molecule has 3 aromatic rings. The molecule has 0 radical (unpaired) electrons. The second kappa shape index (κ2) is 12.3. The number of guanidine groups is 1. The van der Waals surface area contributed by atoms with Crippen LogP contribution in [0.4, 0.5) is 0 Å². The molecule has 0 amide bonds. The highest BCUT2D eigenvalue weighted by Gasteiger charge is 2.07. The van der Waals surface area contributed by atoms with Gasteiger partial charge in [0, 0.05) is 24.8 Å². The molecule has 0 spiro atoms. The van der Waals surface area contributed by atoms with E-state index in [0.29, 0.717) is 19.7 Å². The molecule has 0 aliphatic carbocycles. The van der Waals surface area contributed by atoms with E-state index in [1.165, 1.54) is 0 Å². The zero-order chi connectivity index (χ0) is 20.5. The first-order chi connectivity index (χ1) is 14.2. The fourth-order valence-electron chi connectivity index (χ4n) is 2.79. The quantitative estimate of drug-likeness (QED) is 0.255. The Morgan fingerprint density at radius 1 is 1.10 bits per heavy atom. The Kier molecular flexibility index (Phi) is 9.81. The van der Waals surface area contributed by atoms with Crippen molar-refractivity contribution in [3.05, 3.63) is 60.0 Å². The number of hydrogen-bond donors (Lipinski definition) is 2. The van der Waals surface area contributed by atoms with Crippen LogP contribution in [0.2, 0.25) is 0 Å². The molecule has 0 fully saturated rings. The third-order valence-electron chi connectivity index (χ3n) is 4.32. The summed E-state index contributed by atoms with van der Waals surface area (Å²) in [6, 6.07) is 13.9. The van der Waals surface area contributed by atoms with Gasteiger partial charge >= 0.3 is 0 Å². The van der Waals surface area contributed by atoms with Crippen molar-refractivity contribution in [2.75, 3.05) is 33.8 Å². The van der Waals surface area contributed by atoms with Crippen LogP contribution in [-0.2, 0) is 13.1 Å². The summed E-state index contributed by atoms with van der Waals surface area (Å²) in [7, 11) is 4.07. The van der Waals surface area contributed by atoms with E-state index in [-0.39, 0.29) is 24.0 Å². The third-order valence-corrected chi connectivity index (χ3v) is 4.32. The minimum atomic E-state index is 0. The molecular formula is C21H30IN7O. The van der Waals surface area contributed by atoms with Crippen molar-refractivity contribution in [2.24, 2.45) is 4.99 Å². The van der Waals surface area contributed by atoms with Crippen LogP contribution in [0.5, 0.6) is 5.75 Å². The van der Waals surface area contributed by atoms with Gasteiger partial charge in [-0.3, -0.25) is 4.40 Å². The SMILES string of the molecule is CCNC(=NCc1ccccc1OCCN(C)C)NCc1nnc2ccccn12.I. The highest BCUT2D eigenvalue weighted by atomic mass is 127. The Hall–Kier alpha value is -2.40. The van der Waals surface area contributed by atoms with Gasteiger partial charge < -0.3 is 20.3 Å². The van der Waals surface area contributed by atoms with Crippen LogP contribution in [0, 0.1) is 0 Å². The predicted molar refractivity (Wildman–Crippen MR) is 131 cm³/mol. The van der Waals surface area contributed by atoms with Crippen molar-refractivity contribution in [1.29, 1.82) is 0 Å². The normalized spacial score (nSPS) is 11.4. The second-order valence-electron chi connectivity index (χ2n) is 6.85. The minimum Gasteiger partial charge on any atom is -0.492 e.